The Morgan fingerprint density at radius 3 is 2.52 bits per heavy atom. The number of rotatable bonds is 2. The second-order valence-electron chi connectivity index (χ2n) is 9.09. The van der Waals surface area contributed by atoms with Gasteiger partial charge in [-0.3, -0.25) is 4.68 Å². The monoisotopic (exact) mass is 413 g/mol. The molecule has 0 bridgehead atoms. The number of aryl methyl sites for hydroxylation is 1. The van der Waals surface area contributed by atoms with Gasteiger partial charge in [0.25, 0.3) is 0 Å². The van der Waals surface area contributed by atoms with Crippen LogP contribution in [-0.2, 0) is 24.4 Å². The first-order chi connectivity index (χ1) is 13.6. The van der Waals surface area contributed by atoms with Gasteiger partial charge in [0, 0.05) is 31.1 Å². The lowest BCUT2D eigenvalue weighted by atomic mass is 9.56. The van der Waals surface area contributed by atoms with E-state index in [2.05, 4.69) is 10.4 Å². The number of hydrogen-bond donors (Lipinski definition) is 1. The number of alkyl carbamates (subject to hydrolysis) is 1. The van der Waals surface area contributed by atoms with Crippen molar-refractivity contribution >= 4 is 12.1 Å². The molecular formula is C18H22F3N5O3. The summed E-state index contributed by atoms with van der Waals surface area (Å²) in [5.41, 5.74) is -0.803. The Hall–Kier alpha value is -2.46. The number of urea groups is 1. The number of ether oxygens (including phenoxy) is 1. The number of cyclic esters (lactones) is 1. The molecule has 1 aromatic heterocycles. The average Bonchev–Trinajstić information content (AvgIpc) is 3.09. The van der Waals surface area contributed by atoms with Crippen molar-refractivity contribution in [3.63, 3.8) is 0 Å². The third kappa shape index (κ3) is 2.93. The van der Waals surface area contributed by atoms with Crippen molar-refractivity contribution in [3.05, 3.63) is 17.5 Å². The van der Waals surface area contributed by atoms with E-state index in [-0.39, 0.29) is 29.5 Å². The van der Waals surface area contributed by atoms with Crippen LogP contribution < -0.4 is 5.32 Å². The van der Waals surface area contributed by atoms with E-state index in [0.29, 0.717) is 32.6 Å². The number of carbonyl (C=O) groups excluding carboxylic acids is 2. The summed E-state index contributed by atoms with van der Waals surface area (Å²) in [6.07, 6.45) is -1.50. The van der Waals surface area contributed by atoms with Crippen molar-refractivity contribution in [2.24, 2.45) is 18.4 Å². The number of nitrogens with one attached hydrogen (secondary N) is 1. The second kappa shape index (κ2) is 5.79. The first-order valence-electron chi connectivity index (χ1n) is 9.65. The first-order valence-corrected chi connectivity index (χ1v) is 9.65. The molecule has 1 aliphatic carbocycles. The van der Waals surface area contributed by atoms with Gasteiger partial charge in [-0.15, -0.1) is 0 Å². The maximum absolute atomic E-state index is 13.2. The fourth-order valence-corrected chi connectivity index (χ4v) is 5.46. The molecule has 3 aliphatic heterocycles. The SMILES string of the molecule is Cn1ncc(CC2CC3(C2)CN(C(=O)N2CC4(COC(=O)N4)C2)C3)c1C(F)(F)F. The molecular weight excluding hydrogens is 391 g/mol. The van der Waals surface area contributed by atoms with Crippen LogP contribution in [0.5, 0.6) is 0 Å². The minimum atomic E-state index is -4.40. The van der Waals surface area contributed by atoms with Crippen molar-refractivity contribution in [2.75, 3.05) is 32.8 Å². The zero-order valence-corrected chi connectivity index (χ0v) is 16.0. The quantitative estimate of drug-likeness (QED) is 0.799. The number of amides is 3. The predicted octanol–water partition coefficient (Wildman–Crippen LogP) is 1.61. The molecule has 29 heavy (non-hydrogen) atoms. The Kier molecular flexibility index (Phi) is 3.71. The van der Waals surface area contributed by atoms with Crippen LogP contribution in [0.25, 0.3) is 0 Å². The third-order valence-corrected chi connectivity index (χ3v) is 6.66. The Morgan fingerprint density at radius 2 is 1.93 bits per heavy atom. The number of alkyl halides is 3. The van der Waals surface area contributed by atoms with Gasteiger partial charge >= 0.3 is 18.3 Å². The van der Waals surface area contributed by atoms with Crippen LogP contribution in [-0.4, -0.2) is 70.0 Å². The van der Waals surface area contributed by atoms with E-state index in [0.717, 1.165) is 17.5 Å². The zero-order chi connectivity index (χ0) is 20.6. The molecule has 8 nitrogen and oxygen atoms in total. The summed E-state index contributed by atoms with van der Waals surface area (Å²) >= 11 is 0. The Bertz CT molecular complexity index is 863. The van der Waals surface area contributed by atoms with Crippen molar-refractivity contribution in [1.29, 1.82) is 0 Å². The molecule has 1 saturated carbocycles. The van der Waals surface area contributed by atoms with Crippen LogP contribution in [0.15, 0.2) is 6.20 Å². The van der Waals surface area contributed by atoms with E-state index < -0.39 is 23.5 Å². The van der Waals surface area contributed by atoms with Crippen LogP contribution in [0.1, 0.15) is 24.1 Å². The van der Waals surface area contributed by atoms with Crippen LogP contribution in [0, 0.1) is 11.3 Å². The Morgan fingerprint density at radius 1 is 1.28 bits per heavy atom. The smallest absolute Gasteiger partial charge is 0.433 e. The normalized spacial score (nSPS) is 24.8. The molecule has 4 aliphatic rings. The van der Waals surface area contributed by atoms with Crippen LogP contribution in [0.3, 0.4) is 0 Å². The Balaban J connectivity index is 1.10. The number of nitrogens with zero attached hydrogens (tertiary/aromatic N) is 4. The maximum Gasteiger partial charge on any atom is 0.433 e. The number of hydrogen-bond acceptors (Lipinski definition) is 4. The number of likely N-dealkylation sites (tertiary alicyclic amines) is 2. The highest BCUT2D eigenvalue weighted by molar-refractivity contribution is 5.78. The molecule has 1 aromatic rings. The molecule has 11 heteroatoms. The molecule has 0 atom stereocenters. The molecule has 0 unspecified atom stereocenters. The number of aromatic nitrogens is 2. The topological polar surface area (TPSA) is 79.7 Å². The number of carbonyl (C=O) groups is 2. The van der Waals surface area contributed by atoms with E-state index in [4.69, 9.17) is 4.74 Å². The van der Waals surface area contributed by atoms with Crippen LogP contribution >= 0.6 is 0 Å². The first kappa shape index (κ1) is 18.6. The molecule has 1 N–H and O–H groups in total. The number of halogens is 3. The van der Waals surface area contributed by atoms with Gasteiger partial charge in [0.1, 0.15) is 17.8 Å². The van der Waals surface area contributed by atoms with Gasteiger partial charge in [-0.2, -0.15) is 18.3 Å². The zero-order valence-electron chi connectivity index (χ0n) is 16.0. The summed E-state index contributed by atoms with van der Waals surface area (Å²) in [5, 5.41) is 6.52. The molecule has 158 valence electrons. The van der Waals surface area contributed by atoms with Crippen molar-refractivity contribution in [2.45, 2.75) is 31.0 Å². The lowest BCUT2D eigenvalue weighted by molar-refractivity contribution is -0.144. The molecule has 0 aromatic carbocycles. The van der Waals surface area contributed by atoms with E-state index in [1.807, 2.05) is 0 Å². The molecule has 3 amide bonds. The lowest BCUT2D eigenvalue weighted by Crippen LogP contribution is -2.74. The van der Waals surface area contributed by atoms with E-state index in [9.17, 15) is 22.8 Å². The van der Waals surface area contributed by atoms with Gasteiger partial charge in [0.15, 0.2) is 0 Å². The molecule has 4 fully saturated rings. The molecule has 2 spiro atoms. The average molecular weight is 413 g/mol. The molecule has 5 rings (SSSR count). The predicted molar refractivity (Wildman–Crippen MR) is 92.8 cm³/mol. The summed E-state index contributed by atoms with van der Waals surface area (Å²) in [6.45, 7) is 2.48. The van der Waals surface area contributed by atoms with Crippen LogP contribution in [0.2, 0.25) is 0 Å². The Labute approximate surface area is 164 Å². The molecule has 3 saturated heterocycles. The highest BCUT2D eigenvalue weighted by Gasteiger charge is 2.57. The van der Waals surface area contributed by atoms with Gasteiger partial charge in [-0.25, -0.2) is 9.59 Å². The van der Waals surface area contributed by atoms with Crippen molar-refractivity contribution in [1.82, 2.24) is 24.9 Å². The van der Waals surface area contributed by atoms with Crippen molar-refractivity contribution in [3.8, 4) is 0 Å². The summed E-state index contributed by atoms with van der Waals surface area (Å²) < 4.78 is 45.4. The maximum atomic E-state index is 13.2. The highest BCUT2D eigenvalue weighted by Crippen LogP contribution is 2.53. The fraction of sp³-hybridized carbons (Fsp3) is 0.722. The van der Waals surface area contributed by atoms with E-state index in [1.165, 1.54) is 13.2 Å². The van der Waals surface area contributed by atoms with E-state index in [1.54, 1.807) is 9.80 Å². The van der Waals surface area contributed by atoms with Gasteiger partial charge < -0.3 is 19.9 Å². The third-order valence-electron chi connectivity index (χ3n) is 6.66. The second-order valence-corrected chi connectivity index (χ2v) is 9.09. The van der Waals surface area contributed by atoms with Crippen molar-refractivity contribution < 1.29 is 27.5 Å². The summed E-state index contributed by atoms with van der Waals surface area (Å²) in [5.74, 6) is 0.190. The molecule has 0 radical (unpaired) electrons. The largest absolute Gasteiger partial charge is 0.447 e. The van der Waals surface area contributed by atoms with Gasteiger partial charge in [-0.1, -0.05) is 0 Å². The summed E-state index contributed by atoms with van der Waals surface area (Å²) in [4.78, 5) is 27.2. The van der Waals surface area contributed by atoms with Gasteiger partial charge in [-0.05, 0) is 25.2 Å². The van der Waals surface area contributed by atoms with Gasteiger partial charge in [0.2, 0.25) is 0 Å². The minimum absolute atomic E-state index is 0.0440. The van der Waals surface area contributed by atoms with Gasteiger partial charge in [0.05, 0.1) is 19.3 Å². The fourth-order valence-electron chi connectivity index (χ4n) is 5.46. The van der Waals surface area contributed by atoms with Crippen LogP contribution in [0.4, 0.5) is 22.8 Å². The lowest BCUT2D eigenvalue weighted by Gasteiger charge is -2.60. The highest BCUT2D eigenvalue weighted by atomic mass is 19.4. The van der Waals surface area contributed by atoms with E-state index >= 15 is 0 Å². The molecule has 4 heterocycles. The summed E-state index contributed by atoms with van der Waals surface area (Å²) in [6, 6.07) is -0.0440. The summed E-state index contributed by atoms with van der Waals surface area (Å²) in [7, 11) is 1.31. The standard InChI is InChI=1S/C18H22F3N5O3/c1-24-13(18(19,20)21)12(5-22-24)2-11-3-16(4-11)6-25(7-16)15(28)26-8-17(9-26)10-29-14(27)23-17/h5,11H,2-4,6-10H2,1H3,(H,23,27). The minimum Gasteiger partial charge on any atom is -0.447 e.